The van der Waals surface area contributed by atoms with Crippen LogP contribution in [0.4, 0.5) is 0 Å². The van der Waals surface area contributed by atoms with Crippen LogP contribution in [0.15, 0.2) is 70.6 Å². The van der Waals surface area contributed by atoms with Crippen LogP contribution >= 0.6 is 23.4 Å². The second kappa shape index (κ2) is 7.51. The van der Waals surface area contributed by atoms with Gasteiger partial charge in [-0.2, -0.15) is 0 Å². The third kappa shape index (κ3) is 3.53. The summed E-state index contributed by atoms with van der Waals surface area (Å²) in [5.41, 5.74) is 2.44. The van der Waals surface area contributed by atoms with E-state index in [9.17, 15) is 0 Å². The van der Waals surface area contributed by atoms with E-state index in [0.717, 1.165) is 46.6 Å². The molecule has 1 N–H and O–H groups in total. The molecule has 0 bridgehead atoms. The Labute approximate surface area is 157 Å². The topological polar surface area (TPSA) is 24.4 Å². The van der Waals surface area contributed by atoms with Crippen molar-refractivity contribution in [3.63, 3.8) is 0 Å². The summed E-state index contributed by atoms with van der Waals surface area (Å²) in [6.45, 7) is 1.85. The standard InChI is InChI=1S/C21H19ClN2S/c22-19-11-4-10-18(21-23-12-5-13-24-21)20(19)25-14-16-8-3-7-15-6-1-2-9-17(15)16/h1-4,6-11H,5,12-14H2,(H,23,24). The largest absolute Gasteiger partial charge is 0.370 e. The zero-order valence-electron chi connectivity index (χ0n) is 13.8. The molecule has 1 aliphatic heterocycles. The smallest absolute Gasteiger partial charge is 0.129 e. The van der Waals surface area contributed by atoms with Gasteiger partial charge < -0.3 is 5.32 Å². The van der Waals surface area contributed by atoms with Gasteiger partial charge >= 0.3 is 0 Å². The molecule has 0 amide bonds. The average molecular weight is 367 g/mol. The third-order valence-corrected chi connectivity index (χ3v) is 5.98. The van der Waals surface area contributed by atoms with Crippen molar-refractivity contribution < 1.29 is 0 Å². The van der Waals surface area contributed by atoms with Crippen molar-refractivity contribution in [2.24, 2.45) is 4.99 Å². The fourth-order valence-electron chi connectivity index (χ4n) is 3.12. The lowest BCUT2D eigenvalue weighted by molar-refractivity contribution is 0.741. The van der Waals surface area contributed by atoms with E-state index in [1.54, 1.807) is 11.8 Å². The van der Waals surface area contributed by atoms with Gasteiger partial charge in [0, 0.05) is 29.3 Å². The van der Waals surface area contributed by atoms with Gasteiger partial charge in [-0.3, -0.25) is 4.99 Å². The van der Waals surface area contributed by atoms with Crippen LogP contribution in [0, 0.1) is 0 Å². The first-order valence-corrected chi connectivity index (χ1v) is 9.86. The summed E-state index contributed by atoms with van der Waals surface area (Å²) in [6, 6.07) is 21.1. The van der Waals surface area contributed by atoms with Gasteiger partial charge in [0.1, 0.15) is 5.84 Å². The van der Waals surface area contributed by atoms with E-state index in [2.05, 4.69) is 58.8 Å². The van der Waals surface area contributed by atoms with E-state index in [-0.39, 0.29) is 0 Å². The Hall–Kier alpha value is -1.97. The summed E-state index contributed by atoms with van der Waals surface area (Å²) in [5.74, 6) is 1.85. The van der Waals surface area contributed by atoms with Crippen LogP contribution in [0.5, 0.6) is 0 Å². The number of nitrogens with one attached hydrogen (secondary N) is 1. The van der Waals surface area contributed by atoms with Gasteiger partial charge in [0.25, 0.3) is 0 Å². The molecule has 126 valence electrons. The second-order valence-electron chi connectivity index (χ2n) is 6.05. The minimum Gasteiger partial charge on any atom is -0.370 e. The fourth-order valence-corrected chi connectivity index (χ4v) is 4.54. The molecule has 0 unspecified atom stereocenters. The molecule has 2 nitrogen and oxygen atoms in total. The Kier molecular flexibility index (Phi) is 4.95. The summed E-state index contributed by atoms with van der Waals surface area (Å²) in [4.78, 5) is 5.74. The van der Waals surface area contributed by atoms with Crippen molar-refractivity contribution in [1.82, 2.24) is 5.32 Å². The first-order chi connectivity index (χ1) is 12.3. The normalized spacial score (nSPS) is 14.2. The van der Waals surface area contributed by atoms with E-state index < -0.39 is 0 Å². The molecule has 0 saturated heterocycles. The summed E-state index contributed by atoms with van der Waals surface area (Å²) in [6.07, 6.45) is 1.09. The number of nitrogens with zero attached hydrogens (tertiary/aromatic N) is 1. The van der Waals surface area contributed by atoms with E-state index in [1.165, 1.54) is 16.3 Å². The molecule has 0 atom stereocenters. The zero-order valence-corrected chi connectivity index (χ0v) is 15.4. The molecule has 1 heterocycles. The van der Waals surface area contributed by atoms with Crippen LogP contribution in [0.3, 0.4) is 0 Å². The molecule has 25 heavy (non-hydrogen) atoms. The molecule has 4 rings (SSSR count). The number of rotatable bonds is 4. The van der Waals surface area contributed by atoms with Crippen molar-refractivity contribution in [2.45, 2.75) is 17.1 Å². The van der Waals surface area contributed by atoms with Gasteiger partial charge in [0.05, 0.1) is 5.02 Å². The molecule has 3 aromatic rings. The lowest BCUT2D eigenvalue weighted by atomic mass is 10.1. The molecule has 4 heteroatoms. The molecule has 3 aromatic carbocycles. The van der Waals surface area contributed by atoms with Crippen molar-refractivity contribution in [1.29, 1.82) is 0 Å². The highest BCUT2D eigenvalue weighted by Gasteiger charge is 2.15. The average Bonchev–Trinajstić information content (AvgIpc) is 2.67. The first-order valence-electron chi connectivity index (χ1n) is 8.49. The van der Waals surface area contributed by atoms with Gasteiger partial charge in [0.15, 0.2) is 0 Å². The van der Waals surface area contributed by atoms with Gasteiger partial charge in [-0.1, -0.05) is 66.2 Å². The zero-order chi connectivity index (χ0) is 17.1. The van der Waals surface area contributed by atoms with Gasteiger partial charge in [-0.15, -0.1) is 11.8 Å². The maximum absolute atomic E-state index is 6.53. The Bertz CT molecular complexity index is 931. The Morgan fingerprint density at radius 2 is 1.84 bits per heavy atom. The Morgan fingerprint density at radius 3 is 2.72 bits per heavy atom. The van der Waals surface area contributed by atoms with Gasteiger partial charge in [-0.05, 0) is 28.8 Å². The molecule has 0 aliphatic carbocycles. The van der Waals surface area contributed by atoms with Crippen molar-refractivity contribution in [3.8, 4) is 0 Å². The van der Waals surface area contributed by atoms with Crippen molar-refractivity contribution in [2.75, 3.05) is 13.1 Å². The van der Waals surface area contributed by atoms with Crippen LogP contribution in [0.2, 0.25) is 5.02 Å². The quantitative estimate of drug-likeness (QED) is 0.614. The Morgan fingerprint density at radius 1 is 1.00 bits per heavy atom. The number of benzene rings is 3. The number of halogens is 1. The Balaban J connectivity index is 1.66. The molecule has 0 aromatic heterocycles. The molecular weight excluding hydrogens is 348 g/mol. The number of fused-ring (bicyclic) bond motifs is 1. The molecular formula is C21H19ClN2S. The van der Waals surface area contributed by atoms with Crippen molar-refractivity contribution >= 4 is 40.0 Å². The predicted molar refractivity (Wildman–Crippen MR) is 109 cm³/mol. The monoisotopic (exact) mass is 366 g/mol. The number of aliphatic imine (C=N–C) groups is 1. The van der Waals surface area contributed by atoms with Crippen LogP contribution in [-0.2, 0) is 5.75 Å². The van der Waals surface area contributed by atoms with E-state index in [4.69, 9.17) is 11.6 Å². The predicted octanol–water partition coefficient (Wildman–Crippen LogP) is 5.53. The lowest BCUT2D eigenvalue weighted by Crippen LogP contribution is -2.30. The van der Waals surface area contributed by atoms with Crippen LogP contribution in [-0.4, -0.2) is 18.9 Å². The summed E-state index contributed by atoms with van der Waals surface area (Å²) in [7, 11) is 0. The maximum atomic E-state index is 6.53. The SMILES string of the molecule is Clc1cccc(C2=NCCCN2)c1SCc1cccc2ccccc12. The first kappa shape index (κ1) is 16.5. The van der Waals surface area contributed by atoms with Crippen molar-refractivity contribution in [3.05, 3.63) is 76.8 Å². The number of hydrogen-bond acceptors (Lipinski definition) is 3. The summed E-state index contributed by atoms with van der Waals surface area (Å²) < 4.78 is 0. The fraction of sp³-hybridized carbons (Fsp3) is 0.190. The van der Waals surface area contributed by atoms with E-state index in [0.29, 0.717) is 0 Å². The maximum Gasteiger partial charge on any atom is 0.129 e. The highest BCUT2D eigenvalue weighted by Crippen LogP contribution is 2.35. The summed E-state index contributed by atoms with van der Waals surface area (Å²) >= 11 is 8.31. The number of hydrogen-bond donors (Lipinski definition) is 1. The van der Waals surface area contributed by atoms with Gasteiger partial charge in [-0.25, -0.2) is 0 Å². The second-order valence-corrected chi connectivity index (χ2v) is 7.45. The molecule has 0 spiro atoms. The molecule has 1 aliphatic rings. The molecule has 0 saturated carbocycles. The molecule has 0 fully saturated rings. The van der Waals surface area contributed by atoms with Gasteiger partial charge in [0.2, 0.25) is 0 Å². The minimum atomic E-state index is 0.790. The lowest BCUT2D eigenvalue weighted by Gasteiger charge is -2.18. The third-order valence-electron chi connectivity index (χ3n) is 4.37. The number of thioether (sulfide) groups is 1. The highest BCUT2D eigenvalue weighted by molar-refractivity contribution is 7.98. The van der Waals surface area contributed by atoms with E-state index in [1.807, 2.05) is 12.1 Å². The van der Waals surface area contributed by atoms with Crippen LogP contribution in [0.1, 0.15) is 17.5 Å². The highest BCUT2D eigenvalue weighted by atomic mass is 35.5. The minimum absolute atomic E-state index is 0.790. The summed E-state index contributed by atoms with van der Waals surface area (Å²) in [5, 5.41) is 6.78. The van der Waals surface area contributed by atoms with Crippen LogP contribution in [0.25, 0.3) is 10.8 Å². The van der Waals surface area contributed by atoms with Crippen LogP contribution < -0.4 is 5.32 Å². The number of amidine groups is 1. The molecule has 0 radical (unpaired) electrons. The van der Waals surface area contributed by atoms with E-state index >= 15 is 0 Å².